The molecule has 5 nitrogen and oxygen atoms in total. The zero-order valence-electron chi connectivity index (χ0n) is 9.79. The third-order valence-electron chi connectivity index (χ3n) is 1.72. The number of esters is 2. The van der Waals surface area contributed by atoms with Crippen LogP contribution in [-0.2, 0) is 23.8 Å². The quantitative estimate of drug-likeness (QED) is 0.405. The topological polar surface area (TPSA) is 61.8 Å². The lowest BCUT2D eigenvalue weighted by atomic mass is 10.2. The number of hydrogen-bond donors (Lipinski definition) is 0. The molecule has 0 N–H and O–H groups in total. The summed E-state index contributed by atoms with van der Waals surface area (Å²) in [5, 5.41) is 0. The number of carbonyl (C=O) groups excluding carboxylic acids is 2. The smallest absolute Gasteiger partial charge is 0.383 e. The molecule has 1 unspecified atom stereocenters. The van der Waals surface area contributed by atoms with Gasteiger partial charge < -0.3 is 14.2 Å². The van der Waals surface area contributed by atoms with Gasteiger partial charge in [0.05, 0.1) is 0 Å². The lowest BCUT2D eigenvalue weighted by Gasteiger charge is -2.21. The largest absolute Gasteiger partial charge is 0.452 e. The van der Waals surface area contributed by atoms with Crippen molar-refractivity contribution in [3.63, 3.8) is 0 Å². The minimum absolute atomic E-state index is 0.0436. The van der Waals surface area contributed by atoms with Gasteiger partial charge in [0.15, 0.2) is 12.9 Å². The zero-order chi connectivity index (χ0) is 13.6. The maximum Gasteiger partial charge on any atom is 0.383 e. The van der Waals surface area contributed by atoms with E-state index in [0.717, 1.165) is 6.92 Å². The average molecular weight is 252 g/mol. The predicted octanol–water partition coefficient (Wildman–Crippen LogP) is 1.28. The van der Waals surface area contributed by atoms with Gasteiger partial charge in [-0.1, -0.05) is 6.58 Å². The molecule has 0 aromatic rings. The minimum atomic E-state index is -3.94. The van der Waals surface area contributed by atoms with Crippen LogP contribution >= 0.6 is 0 Å². The van der Waals surface area contributed by atoms with Gasteiger partial charge in [0.25, 0.3) is 0 Å². The molecular weight excluding hydrogens is 238 g/mol. The lowest BCUT2D eigenvalue weighted by molar-refractivity contribution is -0.201. The van der Waals surface area contributed by atoms with Crippen LogP contribution in [0.2, 0.25) is 0 Å². The Kier molecular flexibility index (Phi) is 5.73. The van der Waals surface area contributed by atoms with E-state index in [0.29, 0.717) is 0 Å². The van der Waals surface area contributed by atoms with Crippen molar-refractivity contribution in [1.29, 1.82) is 0 Å². The van der Waals surface area contributed by atoms with Gasteiger partial charge in [-0.05, 0) is 13.8 Å². The Morgan fingerprint density at radius 3 is 2.35 bits per heavy atom. The van der Waals surface area contributed by atoms with E-state index in [9.17, 15) is 18.4 Å². The molecule has 0 aliphatic carbocycles. The van der Waals surface area contributed by atoms with E-state index < -0.39 is 30.8 Å². The Hall–Kier alpha value is -1.50. The molecule has 0 saturated heterocycles. The molecule has 0 fully saturated rings. The van der Waals surface area contributed by atoms with E-state index in [1.54, 1.807) is 0 Å². The zero-order valence-corrected chi connectivity index (χ0v) is 9.79. The van der Waals surface area contributed by atoms with Crippen molar-refractivity contribution in [2.75, 3.05) is 13.9 Å². The molecule has 7 heteroatoms. The Morgan fingerprint density at radius 2 is 1.94 bits per heavy atom. The fraction of sp³-hybridized carbons (Fsp3) is 0.600. The van der Waals surface area contributed by atoms with Crippen molar-refractivity contribution in [3.8, 4) is 0 Å². The van der Waals surface area contributed by atoms with Gasteiger partial charge in [0, 0.05) is 12.7 Å². The summed E-state index contributed by atoms with van der Waals surface area (Å²) >= 11 is 0. The summed E-state index contributed by atoms with van der Waals surface area (Å²) in [5.41, 5.74) is -0.0436. The molecule has 0 aliphatic rings. The maximum absolute atomic E-state index is 13.3. The van der Waals surface area contributed by atoms with Crippen LogP contribution in [-0.4, -0.2) is 37.9 Å². The Morgan fingerprint density at radius 1 is 1.41 bits per heavy atom. The number of halogens is 2. The summed E-state index contributed by atoms with van der Waals surface area (Å²) in [6.07, 6.45) is -1.95. The number of carbonyl (C=O) groups is 2. The highest BCUT2D eigenvalue weighted by Crippen LogP contribution is 2.23. The number of alkyl halides is 2. The molecule has 0 saturated carbocycles. The summed E-state index contributed by atoms with van der Waals surface area (Å²) in [5.74, 6) is -6.76. The SMILES string of the molecule is C=C(C)C(=O)OC(C)C(F)(F)C(=O)OCOC. The molecule has 0 aromatic carbocycles. The van der Waals surface area contributed by atoms with Crippen LogP contribution in [0.25, 0.3) is 0 Å². The number of hydrogen-bond acceptors (Lipinski definition) is 5. The second kappa shape index (κ2) is 6.29. The summed E-state index contributed by atoms with van der Waals surface area (Å²) in [7, 11) is 1.18. The van der Waals surface area contributed by atoms with Crippen LogP contribution in [0.1, 0.15) is 13.8 Å². The first-order chi connectivity index (χ1) is 7.73. The molecule has 0 aliphatic heterocycles. The highest BCUT2D eigenvalue weighted by atomic mass is 19.3. The molecule has 0 radical (unpaired) electrons. The van der Waals surface area contributed by atoms with Crippen molar-refractivity contribution in [3.05, 3.63) is 12.2 Å². The van der Waals surface area contributed by atoms with Crippen LogP contribution in [0, 0.1) is 0 Å². The van der Waals surface area contributed by atoms with E-state index in [4.69, 9.17) is 0 Å². The van der Waals surface area contributed by atoms with E-state index in [1.165, 1.54) is 14.0 Å². The Balaban J connectivity index is 4.52. The maximum atomic E-state index is 13.3. The van der Waals surface area contributed by atoms with Crippen LogP contribution in [0.4, 0.5) is 8.78 Å². The summed E-state index contributed by atoms with van der Waals surface area (Å²) in [6, 6.07) is 0. The van der Waals surface area contributed by atoms with Gasteiger partial charge in [0.2, 0.25) is 0 Å². The Labute approximate surface area is 97.3 Å². The minimum Gasteiger partial charge on any atom is -0.452 e. The van der Waals surface area contributed by atoms with Gasteiger partial charge in [-0.25, -0.2) is 9.59 Å². The van der Waals surface area contributed by atoms with Gasteiger partial charge in [-0.15, -0.1) is 0 Å². The van der Waals surface area contributed by atoms with Crippen LogP contribution in [0.3, 0.4) is 0 Å². The summed E-state index contributed by atoms with van der Waals surface area (Å²) in [6.45, 7) is 4.81. The van der Waals surface area contributed by atoms with E-state index in [1.807, 2.05) is 0 Å². The molecule has 0 bridgehead atoms. The third-order valence-corrected chi connectivity index (χ3v) is 1.72. The molecular formula is C10H14F2O5. The van der Waals surface area contributed by atoms with E-state index in [2.05, 4.69) is 20.8 Å². The molecule has 0 heterocycles. The van der Waals surface area contributed by atoms with E-state index in [-0.39, 0.29) is 5.57 Å². The van der Waals surface area contributed by atoms with E-state index >= 15 is 0 Å². The predicted molar refractivity (Wildman–Crippen MR) is 53.3 cm³/mol. The highest BCUT2D eigenvalue weighted by Gasteiger charge is 2.49. The first-order valence-corrected chi connectivity index (χ1v) is 4.64. The fourth-order valence-corrected chi connectivity index (χ4v) is 0.710. The highest BCUT2D eigenvalue weighted by molar-refractivity contribution is 5.87. The second-order valence-corrected chi connectivity index (χ2v) is 3.29. The monoisotopic (exact) mass is 252 g/mol. The number of methoxy groups -OCH3 is 1. The third kappa shape index (κ3) is 4.48. The molecule has 0 amide bonds. The Bertz CT molecular complexity index is 314. The van der Waals surface area contributed by atoms with Gasteiger partial charge >= 0.3 is 17.9 Å². The van der Waals surface area contributed by atoms with Gasteiger partial charge in [-0.2, -0.15) is 8.78 Å². The van der Waals surface area contributed by atoms with Crippen molar-refractivity contribution >= 4 is 11.9 Å². The standard InChI is InChI=1S/C10H14F2O5/c1-6(2)8(13)17-7(3)10(11,12)9(14)16-5-15-4/h7H,1,5H2,2-4H3. The second-order valence-electron chi connectivity index (χ2n) is 3.29. The van der Waals surface area contributed by atoms with Crippen LogP contribution < -0.4 is 0 Å². The molecule has 1 atom stereocenters. The molecule has 98 valence electrons. The number of ether oxygens (including phenoxy) is 3. The molecule has 0 aromatic heterocycles. The number of rotatable bonds is 6. The summed E-state index contributed by atoms with van der Waals surface area (Å²) in [4.78, 5) is 22.0. The van der Waals surface area contributed by atoms with Crippen molar-refractivity contribution in [1.82, 2.24) is 0 Å². The van der Waals surface area contributed by atoms with Gasteiger partial charge in [-0.3, -0.25) is 0 Å². The molecule has 0 spiro atoms. The summed E-state index contributed by atoms with van der Waals surface area (Å²) < 4.78 is 39.4. The van der Waals surface area contributed by atoms with Crippen LogP contribution in [0.15, 0.2) is 12.2 Å². The average Bonchev–Trinajstić information content (AvgIpc) is 2.25. The first kappa shape index (κ1) is 15.5. The first-order valence-electron chi connectivity index (χ1n) is 4.64. The van der Waals surface area contributed by atoms with Crippen molar-refractivity contribution in [2.24, 2.45) is 0 Å². The van der Waals surface area contributed by atoms with Gasteiger partial charge in [0.1, 0.15) is 0 Å². The lowest BCUT2D eigenvalue weighted by Crippen LogP contribution is -2.43. The van der Waals surface area contributed by atoms with Crippen molar-refractivity contribution < 1.29 is 32.6 Å². The molecule has 17 heavy (non-hydrogen) atoms. The van der Waals surface area contributed by atoms with Crippen molar-refractivity contribution in [2.45, 2.75) is 25.9 Å². The molecule has 0 rings (SSSR count). The fourth-order valence-electron chi connectivity index (χ4n) is 0.710. The van der Waals surface area contributed by atoms with Crippen LogP contribution in [0.5, 0.6) is 0 Å². The normalized spacial score (nSPS) is 12.8.